The smallest absolute Gasteiger partial charge is 0.210 e. The minimum absolute atomic E-state index is 0.0231. The molecule has 0 saturated carbocycles. The van der Waals surface area contributed by atoms with Gasteiger partial charge in [-0.05, 0) is 60.7 Å². The van der Waals surface area contributed by atoms with Crippen molar-refractivity contribution >= 4 is 19.7 Å². The van der Waals surface area contributed by atoms with Gasteiger partial charge in [-0.2, -0.15) is 0 Å². The van der Waals surface area contributed by atoms with E-state index in [4.69, 9.17) is 4.74 Å². The molecule has 4 aromatic rings. The molecule has 3 N–H and O–H groups in total. The zero-order valence-corrected chi connectivity index (χ0v) is 19.0. The van der Waals surface area contributed by atoms with Crippen LogP contribution in [0.1, 0.15) is 0 Å². The van der Waals surface area contributed by atoms with Gasteiger partial charge in [0.1, 0.15) is 22.1 Å². The molecule has 0 heterocycles. The summed E-state index contributed by atoms with van der Waals surface area (Å²) in [6, 6.07) is 19.3. The molecule has 0 atom stereocenters. The molecule has 0 aliphatic heterocycles. The Balaban J connectivity index is 1.72. The molecule has 0 saturated heterocycles. The maximum absolute atomic E-state index is 13.1. The van der Waals surface area contributed by atoms with Crippen molar-refractivity contribution in [2.24, 2.45) is 0 Å². The molecule has 4 aromatic carbocycles. The first-order valence-corrected chi connectivity index (χ1v) is 12.7. The van der Waals surface area contributed by atoms with Crippen molar-refractivity contribution in [3.63, 3.8) is 0 Å². The quantitative estimate of drug-likeness (QED) is 0.358. The molecule has 0 spiro atoms. The highest BCUT2D eigenvalue weighted by atomic mass is 32.2. The normalized spacial score (nSPS) is 11.8. The SMILES string of the molecule is O=S(=O)(c1ccc(O)cc1)c1ccc(Oc2ccc(O)cc2S(=O)(=O)c2ccccc2)c(O)c1. The van der Waals surface area contributed by atoms with Crippen molar-refractivity contribution in [1.82, 2.24) is 0 Å². The maximum Gasteiger partial charge on any atom is 0.210 e. The highest BCUT2D eigenvalue weighted by Crippen LogP contribution is 2.39. The number of phenols is 3. The lowest BCUT2D eigenvalue weighted by Crippen LogP contribution is -2.04. The Morgan fingerprint density at radius 2 is 1.09 bits per heavy atom. The van der Waals surface area contributed by atoms with E-state index < -0.39 is 25.4 Å². The van der Waals surface area contributed by atoms with Gasteiger partial charge in [0.25, 0.3) is 0 Å². The predicted octanol–water partition coefficient (Wildman–Crippen LogP) is 4.26. The minimum atomic E-state index is -4.08. The van der Waals surface area contributed by atoms with E-state index in [1.54, 1.807) is 18.2 Å². The average molecular weight is 499 g/mol. The summed E-state index contributed by atoms with van der Waals surface area (Å²) in [5.41, 5.74) is 0. The van der Waals surface area contributed by atoms with E-state index in [0.717, 1.165) is 12.1 Å². The van der Waals surface area contributed by atoms with E-state index in [9.17, 15) is 32.2 Å². The van der Waals surface area contributed by atoms with E-state index in [-0.39, 0.29) is 42.6 Å². The van der Waals surface area contributed by atoms with Gasteiger partial charge < -0.3 is 20.1 Å². The second-order valence-electron chi connectivity index (χ2n) is 7.18. The van der Waals surface area contributed by atoms with Gasteiger partial charge in [-0.15, -0.1) is 0 Å². The lowest BCUT2D eigenvalue weighted by molar-refractivity contribution is 0.402. The number of phenolic OH excluding ortho intramolecular Hbond substituents is 3. The van der Waals surface area contributed by atoms with Gasteiger partial charge in [0.15, 0.2) is 11.5 Å². The van der Waals surface area contributed by atoms with Crippen LogP contribution in [0.4, 0.5) is 0 Å². The van der Waals surface area contributed by atoms with Crippen LogP contribution < -0.4 is 4.74 Å². The number of benzene rings is 4. The molecular weight excluding hydrogens is 480 g/mol. The Morgan fingerprint density at radius 3 is 1.74 bits per heavy atom. The molecule has 10 heteroatoms. The summed E-state index contributed by atoms with van der Waals surface area (Å²) < 4.78 is 57.4. The lowest BCUT2D eigenvalue weighted by Gasteiger charge is -2.14. The number of ether oxygens (including phenoxy) is 1. The fourth-order valence-corrected chi connectivity index (χ4v) is 5.85. The number of hydrogen-bond donors (Lipinski definition) is 3. The van der Waals surface area contributed by atoms with E-state index in [2.05, 4.69) is 0 Å². The van der Waals surface area contributed by atoms with Gasteiger partial charge in [0, 0.05) is 12.1 Å². The van der Waals surface area contributed by atoms with Gasteiger partial charge in [-0.3, -0.25) is 0 Å². The second-order valence-corrected chi connectivity index (χ2v) is 11.0. The summed E-state index contributed by atoms with van der Waals surface area (Å²) in [5, 5.41) is 29.7. The van der Waals surface area contributed by atoms with Gasteiger partial charge in [0.05, 0.1) is 14.7 Å². The molecule has 0 radical (unpaired) electrons. The summed E-state index contributed by atoms with van der Waals surface area (Å²) >= 11 is 0. The maximum atomic E-state index is 13.1. The monoisotopic (exact) mass is 498 g/mol. The third-order valence-corrected chi connectivity index (χ3v) is 8.44. The summed E-state index contributed by atoms with van der Waals surface area (Å²) in [7, 11) is -8.08. The van der Waals surface area contributed by atoms with E-state index >= 15 is 0 Å². The molecule has 0 aliphatic carbocycles. The van der Waals surface area contributed by atoms with Crippen LogP contribution in [-0.2, 0) is 19.7 Å². The average Bonchev–Trinajstić information content (AvgIpc) is 2.82. The second kappa shape index (κ2) is 8.73. The molecule has 0 amide bonds. The standard InChI is InChI=1S/C24H18O8S2/c25-16-6-9-19(10-7-16)33(28,29)20-11-13-22(21(27)15-20)32-23-12-8-17(26)14-24(23)34(30,31)18-4-2-1-3-5-18/h1-15,25-27H. The molecular formula is C24H18O8S2. The molecule has 34 heavy (non-hydrogen) atoms. The van der Waals surface area contributed by atoms with Crippen molar-refractivity contribution in [3.8, 4) is 28.7 Å². The van der Waals surface area contributed by atoms with Crippen LogP contribution in [0.3, 0.4) is 0 Å². The lowest BCUT2D eigenvalue weighted by atomic mass is 10.3. The predicted molar refractivity (Wildman–Crippen MR) is 122 cm³/mol. The number of aromatic hydroxyl groups is 3. The third-order valence-electron chi connectivity index (χ3n) is 4.88. The Hall–Kier alpha value is -4.02. The molecule has 0 aliphatic rings. The Kier molecular flexibility index (Phi) is 5.94. The summed E-state index contributed by atoms with van der Waals surface area (Å²) in [5.74, 6) is -1.32. The van der Waals surface area contributed by atoms with Crippen molar-refractivity contribution in [2.45, 2.75) is 19.6 Å². The van der Waals surface area contributed by atoms with E-state index in [1.165, 1.54) is 60.7 Å². The summed E-state index contributed by atoms with van der Waals surface area (Å²) in [6.45, 7) is 0. The molecule has 0 bridgehead atoms. The highest BCUT2D eigenvalue weighted by Gasteiger charge is 2.25. The number of hydrogen-bond acceptors (Lipinski definition) is 8. The van der Waals surface area contributed by atoms with Gasteiger partial charge in [-0.25, -0.2) is 16.8 Å². The van der Waals surface area contributed by atoms with E-state index in [0.29, 0.717) is 0 Å². The van der Waals surface area contributed by atoms with E-state index in [1.807, 2.05) is 0 Å². The van der Waals surface area contributed by atoms with Crippen LogP contribution in [0.2, 0.25) is 0 Å². The zero-order valence-electron chi connectivity index (χ0n) is 17.4. The van der Waals surface area contributed by atoms with Gasteiger partial charge >= 0.3 is 0 Å². The molecule has 174 valence electrons. The van der Waals surface area contributed by atoms with Crippen LogP contribution in [0.15, 0.2) is 111 Å². The fourth-order valence-electron chi connectivity index (χ4n) is 3.15. The van der Waals surface area contributed by atoms with Crippen molar-refractivity contribution in [3.05, 3.63) is 91.0 Å². The van der Waals surface area contributed by atoms with Crippen LogP contribution >= 0.6 is 0 Å². The zero-order chi connectivity index (χ0) is 24.5. The molecule has 0 aromatic heterocycles. The van der Waals surface area contributed by atoms with Crippen LogP contribution in [0.5, 0.6) is 28.7 Å². The van der Waals surface area contributed by atoms with Crippen LogP contribution in [0.25, 0.3) is 0 Å². The topological polar surface area (TPSA) is 138 Å². The minimum Gasteiger partial charge on any atom is -0.508 e. The summed E-state index contributed by atoms with van der Waals surface area (Å²) in [4.78, 5) is -0.678. The molecule has 0 fully saturated rings. The summed E-state index contributed by atoms with van der Waals surface area (Å²) in [6.07, 6.45) is 0. The van der Waals surface area contributed by atoms with Crippen molar-refractivity contribution in [2.75, 3.05) is 0 Å². The van der Waals surface area contributed by atoms with Gasteiger partial charge in [-0.1, -0.05) is 18.2 Å². The van der Waals surface area contributed by atoms with Gasteiger partial charge in [0.2, 0.25) is 19.7 Å². The first-order chi connectivity index (χ1) is 16.1. The molecule has 4 rings (SSSR count). The van der Waals surface area contributed by atoms with Crippen LogP contribution in [-0.4, -0.2) is 32.2 Å². The Morgan fingerprint density at radius 1 is 0.529 bits per heavy atom. The number of rotatable bonds is 6. The largest absolute Gasteiger partial charge is 0.508 e. The molecule has 0 unspecified atom stereocenters. The Bertz CT molecular complexity index is 1560. The number of sulfone groups is 2. The first kappa shape index (κ1) is 23.1. The van der Waals surface area contributed by atoms with Crippen LogP contribution in [0, 0.1) is 0 Å². The first-order valence-electron chi connectivity index (χ1n) is 9.77. The van der Waals surface area contributed by atoms with Crippen molar-refractivity contribution < 1.29 is 36.9 Å². The highest BCUT2D eigenvalue weighted by molar-refractivity contribution is 7.91. The fraction of sp³-hybridized carbons (Fsp3) is 0. The molecule has 8 nitrogen and oxygen atoms in total. The van der Waals surface area contributed by atoms with Crippen molar-refractivity contribution in [1.29, 1.82) is 0 Å². The third kappa shape index (κ3) is 4.41. The Labute approximate surface area is 195 Å².